The van der Waals surface area contributed by atoms with Crippen molar-refractivity contribution in [3.8, 4) is 0 Å². The highest BCUT2D eigenvalue weighted by atomic mass is 32.1. The van der Waals surface area contributed by atoms with Crippen LogP contribution in [0.25, 0.3) is 0 Å². The number of carbonyl (C=O) groups is 2. The number of ether oxygens (including phenoxy) is 1. The van der Waals surface area contributed by atoms with Crippen molar-refractivity contribution in [2.45, 2.75) is 19.3 Å². The summed E-state index contributed by atoms with van der Waals surface area (Å²) in [5.41, 5.74) is -1.59. The van der Waals surface area contributed by atoms with Crippen molar-refractivity contribution in [3.05, 3.63) is 22.4 Å². The van der Waals surface area contributed by atoms with Gasteiger partial charge in [0.25, 0.3) is 0 Å². The third kappa shape index (κ3) is 2.02. The molecule has 1 aromatic rings. The zero-order chi connectivity index (χ0) is 11.5. The molecule has 1 unspecified atom stereocenters. The Morgan fingerprint density at radius 1 is 1.60 bits per heavy atom. The lowest BCUT2D eigenvalue weighted by Gasteiger charge is -2.20. The van der Waals surface area contributed by atoms with E-state index in [1.807, 2.05) is 0 Å². The predicted molar refractivity (Wildman–Crippen MR) is 55.9 cm³/mol. The average Bonchev–Trinajstić information content (AvgIpc) is 2.69. The first-order valence-corrected chi connectivity index (χ1v) is 5.36. The van der Waals surface area contributed by atoms with Gasteiger partial charge in [-0.3, -0.25) is 9.59 Å². The summed E-state index contributed by atoms with van der Waals surface area (Å²) in [4.78, 5) is 23.2. The zero-order valence-electron chi connectivity index (χ0n) is 8.52. The van der Waals surface area contributed by atoms with E-state index in [9.17, 15) is 9.59 Å². The van der Waals surface area contributed by atoms with Crippen LogP contribution >= 0.6 is 11.3 Å². The van der Waals surface area contributed by atoms with Gasteiger partial charge in [-0.25, -0.2) is 0 Å². The van der Waals surface area contributed by atoms with E-state index in [1.54, 1.807) is 24.4 Å². The first-order chi connectivity index (χ1) is 7.03. The molecule has 15 heavy (non-hydrogen) atoms. The van der Waals surface area contributed by atoms with Crippen molar-refractivity contribution < 1.29 is 19.4 Å². The van der Waals surface area contributed by atoms with Gasteiger partial charge in [0.1, 0.15) is 0 Å². The molecule has 5 heteroatoms. The molecule has 0 aromatic carbocycles. The predicted octanol–water partition coefficient (Wildman–Crippen LogP) is 1.65. The lowest BCUT2D eigenvalue weighted by Crippen LogP contribution is -2.41. The number of rotatable bonds is 4. The van der Waals surface area contributed by atoms with E-state index in [4.69, 9.17) is 9.84 Å². The van der Waals surface area contributed by atoms with Gasteiger partial charge < -0.3 is 9.84 Å². The number of hydrogen-bond donors (Lipinski definition) is 1. The maximum Gasteiger partial charge on any atom is 0.328 e. The third-order valence-corrected chi connectivity index (χ3v) is 3.22. The molecule has 0 radical (unpaired) electrons. The standard InChI is InChI=1S/C10H12O4S/c1-3-14-9(13)10(2,8(11)12)7-5-4-6-15-7/h4-6H,3H2,1-2H3,(H,11,12). The molecule has 0 saturated heterocycles. The monoisotopic (exact) mass is 228 g/mol. The Morgan fingerprint density at radius 2 is 2.27 bits per heavy atom. The van der Waals surface area contributed by atoms with E-state index in [2.05, 4.69) is 0 Å². The smallest absolute Gasteiger partial charge is 0.328 e. The summed E-state index contributed by atoms with van der Waals surface area (Å²) in [6.07, 6.45) is 0. The highest BCUT2D eigenvalue weighted by Crippen LogP contribution is 2.29. The van der Waals surface area contributed by atoms with Crippen LogP contribution in [0.2, 0.25) is 0 Å². The lowest BCUT2D eigenvalue weighted by atomic mass is 9.89. The summed E-state index contributed by atoms with van der Waals surface area (Å²) in [5.74, 6) is -1.91. The Morgan fingerprint density at radius 3 is 2.67 bits per heavy atom. The van der Waals surface area contributed by atoms with E-state index in [0.717, 1.165) is 0 Å². The van der Waals surface area contributed by atoms with Gasteiger partial charge in [0.05, 0.1) is 6.61 Å². The van der Waals surface area contributed by atoms with E-state index in [0.29, 0.717) is 4.88 Å². The average molecular weight is 228 g/mol. The Bertz CT molecular complexity index is 358. The number of carboxylic acids is 1. The fourth-order valence-corrected chi connectivity index (χ4v) is 2.00. The van der Waals surface area contributed by atoms with Crippen LogP contribution in [0.5, 0.6) is 0 Å². The molecular formula is C10H12O4S. The highest BCUT2D eigenvalue weighted by Gasteiger charge is 2.45. The maximum absolute atomic E-state index is 11.6. The van der Waals surface area contributed by atoms with Crippen LogP contribution < -0.4 is 0 Å². The Balaban J connectivity index is 3.10. The van der Waals surface area contributed by atoms with Gasteiger partial charge in [0.2, 0.25) is 0 Å². The van der Waals surface area contributed by atoms with Gasteiger partial charge in [-0.15, -0.1) is 11.3 Å². The Hall–Kier alpha value is -1.36. The molecule has 0 fully saturated rings. The Kier molecular flexibility index (Phi) is 3.47. The highest BCUT2D eigenvalue weighted by molar-refractivity contribution is 7.10. The molecule has 0 aliphatic heterocycles. The molecule has 0 aliphatic carbocycles. The van der Waals surface area contributed by atoms with E-state index in [-0.39, 0.29) is 6.61 Å². The number of thiophene rings is 1. The molecule has 0 amide bonds. The molecule has 0 aliphatic rings. The van der Waals surface area contributed by atoms with Gasteiger partial charge in [-0.05, 0) is 25.3 Å². The van der Waals surface area contributed by atoms with E-state index < -0.39 is 17.4 Å². The maximum atomic E-state index is 11.6. The summed E-state index contributed by atoms with van der Waals surface area (Å²) in [7, 11) is 0. The quantitative estimate of drug-likeness (QED) is 0.628. The number of carbonyl (C=O) groups excluding carboxylic acids is 1. The van der Waals surface area contributed by atoms with Crippen molar-refractivity contribution in [1.29, 1.82) is 0 Å². The molecule has 1 rings (SSSR count). The fraction of sp³-hybridized carbons (Fsp3) is 0.400. The lowest BCUT2D eigenvalue weighted by molar-refractivity contribution is -0.160. The van der Waals surface area contributed by atoms with Crippen molar-refractivity contribution >= 4 is 23.3 Å². The molecule has 1 N–H and O–H groups in total. The molecule has 0 saturated carbocycles. The van der Waals surface area contributed by atoms with Crippen LogP contribution in [0.1, 0.15) is 18.7 Å². The van der Waals surface area contributed by atoms with Crippen LogP contribution in [0, 0.1) is 0 Å². The van der Waals surface area contributed by atoms with Gasteiger partial charge in [-0.2, -0.15) is 0 Å². The summed E-state index contributed by atoms with van der Waals surface area (Å²) in [6.45, 7) is 3.18. The Labute approximate surface area is 91.5 Å². The van der Waals surface area contributed by atoms with Crippen molar-refractivity contribution in [1.82, 2.24) is 0 Å². The van der Waals surface area contributed by atoms with Crippen molar-refractivity contribution in [3.63, 3.8) is 0 Å². The van der Waals surface area contributed by atoms with Gasteiger partial charge in [-0.1, -0.05) is 6.07 Å². The topological polar surface area (TPSA) is 63.6 Å². The minimum Gasteiger partial charge on any atom is -0.480 e. The van der Waals surface area contributed by atoms with Crippen molar-refractivity contribution in [2.24, 2.45) is 0 Å². The summed E-state index contributed by atoms with van der Waals surface area (Å²) in [5, 5.41) is 10.8. The van der Waals surface area contributed by atoms with Crippen LogP contribution in [-0.2, 0) is 19.7 Å². The van der Waals surface area contributed by atoms with E-state index in [1.165, 1.54) is 18.3 Å². The van der Waals surface area contributed by atoms with Crippen molar-refractivity contribution in [2.75, 3.05) is 6.61 Å². The first kappa shape index (κ1) is 11.7. The second-order valence-corrected chi connectivity index (χ2v) is 4.08. The minimum absolute atomic E-state index is 0.174. The fourth-order valence-electron chi connectivity index (χ4n) is 1.13. The molecular weight excluding hydrogens is 216 g/mol. The van der Waals surface area contributed by atoms with Crippen LogP contribution in [-0.4, -0.2) is 23.7 Å². The normalized spacial score (nSPS) is 14.3. The number of esters is 1. The minimum atomic E-state index is -1.59. The summed E-state index contributed by atoms with van der Waals surface area (Å²) < 4.78 is 4.78. The SMILES string of the molecule is CCOC(=O)C(C)(C(=O)O)c1cccs1. The molecule has 0 spiro atoms. The zero-order valence-corrected chi connectivity index (χ0v) is 9.34. The summed E-state index contributed by atoms with van der Waals surface area (Å²) >= 11 is 1.23. The molecule has 0 bridgehead atoms. The number of carboxylic acid groups (broad SMARTS) is 1. The molecule has 82 valence electrons. The molecule has 4 nitrogen and oxygen atoms in total. The molecule has 1 aromatic heterocycles. The van der Waals surface area contributed by atoms with Crippen LogP contribution in [0.4, 0.5) is 0 Å². The summed E-state index contributed by atoms with van der Waals surface area (Å²) in [6, 6.07) is 3.33. The van der Waals surface area contributed by atoms with Crippen LogP contribution in [0.15, 0.2) is 17.5 Å². The second-order valence-electron chi connectivity index (χ2n) is 3.13. The molecule has 1 heterocycles. The number of hydrogen-bond acceptors (Lipinski definition) is 4. The van der Waals surface area contributed by atoms with Crippen LogP contribution in [0.3, 0.4) is 0 Å². The third-order valence-electron chi connectivity index (χ3n) is 2.13. The molecule has 1 atom stereocenters. The van der Waals surface area contributed by atoms with Gasteiger partial charge in [0, 0.05) is 4.88 Å². The first-order valence-electron chi connectivity index (χ1n) is 4.48. The van der Waals surface area contributed by atoms with Gasteiger partial charge >= 0.3 is 11.9 Å². The number of aliphatic carboxylic acids is 1. The van der Waals surface area contributed by atoms with E-state index >= 15 is 0 Å². The largest absolute Gasteiger partial charge is 0.480 e. The second kappa shape index (κ2) is 4.44. The van der Waals surface area contributed by atoms with Gasteiger partial charge in [0.15, 0.2) is 5.41 Å².